The zero-order valence-electron chi connectivity index (χ0n) is 19.1. The lowest BCUT2D eigenvalue weighted by Crippen LogP contribution is -2.28. The Morgan fingerprint density at radius 1 is 1.07 bits per heavy atom. The van der Waals surface area contributed by atoms with E-state index in [0.29, 0.717) is 17.4 Å². The van der Waals surface area contributed by atoms with E-state index in [0.717, 1.165) is 28.8 Å². The third-order valence-electron chi connectivity index (χ3n) is 5.29. The SMILES string of the molecule is CC1C=CC(N=NC(=C2C=C(C(C)(C)C)C(=O)C(C(C)(C)C)=C2)c2ccco2)=CC1. The highest BCUT2D eigenvalue weighted by molar-refractivity contribution is 6.12. The number of azo groups is 1. The second-order valence-corrected chi connectivity index (χ2v) is 10.1. The molecule has 0 spiro atoms. The van der Waals surface area contributed by atoms with Crippen molar-refractivity contribution >= 4 is 11.5 Å². The van der Waals surface area contributed by atoms with Crippen LogP contribution in [-0.4, -0.2) is 5.78 Å². The number of furan rings is 1. The molecule has 4 nitrogen and oxygen atoms in total. The molecule has 1 unspecified atom stereocenters. The van der Waals surface area contributed by atoms with Gasteiger partial charge in [0.15, 0.2) is 11.5 Å². The van der Waals surface area contributed by atoms with Crippen molar-refractivity contribution in [1.29, 1.82) is 0 Å². The van der Waals surface area contributed by atoms with Gasteiger partial charge in [-0.25, -0.2) is 0 Å². The molecule has 158 valence electrons. The fraction of sp³-hybridized carbons (Fsp3) is 0.423. The van der Waals surface area contributed by atoms with Crippen molar-refractivity contribution in [2.24, 2.45) is 27.0 Å². The normalized spacial score (nSPS) is 20.4. The van der Waals surface area contributed by atoms with Gasteiger partial charge in [0.2, 0.25) is 0 Å². The summed E-state index contributed by atoms with van der Waals surface area (Å²) in [5.41, 5.74) is 3.28. The van der Waals surface area contributed by atoms with Gasteiger partial charge in [-0.05, 0) is 53.5 Å². The maximum absolute atomic E-state index is 13.3. The number of Topliss-reactive ketones (excluding diaryl/α,β-unsaturated/α-hetero) is 1. The van der Waals surface area contributed by atoms with E-state index in [9.17, 15) is 4.79 Å². The van der Waals surface area contributed by atoms with Crippen molar-refractivity contribution in [2.45, 2.75) is 54.9 Å². The van der Waals surface area contributed by atoms with E-state index in [-0.39, 0.29) is 16.6 Å². The Labute approximate surface area is 179 Å². The monoisotopic (exact) mass is 404 g/mol. The number of rotatable bonds is 3. The molecule has 0 bridgehead atoms. The molecule has 2 aliphatic rings. The summed E-state index contributed by atoms with van der Waals surface area (Å²) in [6.45, 7) is 14.5. The zero-order valence-corrected chi connectivity index (χ0v) is 19.1. The van der Waals surface area contributed by atoms with E-state index in [1.807, 2.05) is 30.4 Å². The number of allylic oxidation sites excluding steroid dienone is 8. The van der Waals surface area contributed by atoms with Crippen LogP contribution in [0.5, 0.6) is 0 Å². The van der Waals surface area contributed by atoms with Crippen LogP contribution in [0.1, 0.15) is 60.6 Å². The van der Waals surface area contributed by atoms with Gasteiger partial charge in [-0.3, -0.25) is 4.79 Å². The first kappa shape index (κ1) is 21.9. The third kappa shape index (κ3) is 4.86. The van der Waals surface area contributed by atoms with Gasteiger partial charge < -0.3 is 4.42 Å². The van der Waals surface area contributed by atoms with Crippen LogP contribution in [0.2, 0.25) is 0 Å². The maximum atomic E-state index is 13.3. The van der Waals surface area contributed by atoms with Crippen molar-refractivity contribution in [2.75, 3.05) is 0 Å². The van der Waals surface area contributed by atoms with Gasteiger partial charge in [-0.15, -0.1) is 5.11 Å². The number of hydrogen-bond donors (Lipinski definition) is 0. The molecule has 1 aromatic rings. The van der Waals surface area contributed by atoms with Crippen LogP contribution in [-0.2, 0) is 4.79 Å². The first-order chi connectivity index (χ1) is 14.0. The molecule has 0 amide bonds. The maximum Gasteiger partial charge on any atom is 0.186 e. The van der Waals surface area contributed by atoms with E-state index in [4.69, 9.17) is 4.42 Å². The number of ketones is 1. The molecule has 0 fully saturated rings. The Kier molecular flexibility index (Phi) is 5.98. The van der Waals surface area contributed by atoms with E-state index >= 15 is 0 Å². The molecule has 3 rings (SSSR count). The lowest BCUT2D eigenvalue weighted by atomic mass is 9.71. The fourth-order valence-electron chi connectivity index (χ4n) is 3.44. The molecular weight excluding hydrogens is 372 g/mol. The van der Waals surface area contributed by atoms with Crippen molar-refractivity contribution in [3.8, 4) is 0 Å². The Morgan fingerprint density at radius 2 is 1.70 bits per heavy atom. The average Bonchev–Trinajstić information content (AvgIpc) is 3.17. The van der Waals surface area contributed by atoms with Crippen molar-refractivity contribution in [3.63, 3.8) is 0 Å². The molecule has 0 aliphatic heterocycles. The van der Waals surface area contributed by atoms with E-state index in [1.54, 1.807) is 6.26 Å². The smallest absolute Gasteiger partial charge is 0.186 e. The highest BCUT2D eigenvalue weighted by Gasteiger charge is 2.35. The fourth-order valence-corrected chi connectivity index (χ4v) is 3.44. The molecule has 4 heteroatoms. The molecule has 30 heavy (non-hydrogen) atoms. The number of hydrogen-bond acceptors (Lipinski definition) is 4. The summed E-state index contributed by atoms with van der Waals surface area (Å²) in [6.07, 6.45) is 12.7. The molecule has 0 saturated carbocycles. The molecule has 0 radical (unpaired) electrons. The first-order valence-electron chi connectivity index (χ1n) is 10.5. The van der Waals surface area contributed by atoms with E-state index < -0.39 is 0 Å². The summed E-state index contributed by atoms with van der Waals surface area (Å²) in [7, 11) is 0. The topological polar surface area (TPSA) is 54.9 Å². The summed E-state index contributed by atoms with van der Waals surface area (Å²) >= 11 is 0. The summed E-state index contributed by atoms with van der Waals surface area (Å²) in [6, 6.07) is 3.71. The van der Waals surface area contributed by atoms with Crippen LogP contribution in [0, 0.1) is 16.7 Å². The average molecular weight is 405 g/mol. The van der Waals surface area contributed by atoms with Gasteiger partial charge in [0.05, 0.1) is 12.0 Å². The lowest BCUT2D eigenvalue weighted by molar-refractivity contribution is -0.114. The minimum atomic E-state index is -0.288. The Hall–Kier alpha value is -2.75. The Balaban J connectivity index is 2.18. The standard InChI is InChI=1S/C26H32N2O2/c1-17-10-12-19(13-11-17)27-28-23(22-9-8-14-30-22)18-15-20(25(2,3)4)24(29)21(16-18)26(5,6)7/h8-10,12-17H,11H2,1-7H3. The van der Waals surface area contributed by atoms with Crippen LogP contribution < -0.4 is 0 Å². The van der Waals surface area contributed by atoms with Crippen molar-refractivity contribution < 1.29 is 9.21 Å². The lowest BCUT2D eigenvalue weighted by Gasteiger charge is -2.31. The van der Waals surface area contributed by atoms with Crippen molar-refractivity contribution in [1.82, 2.24) is 0 Å². The van der Waals surface area contributed by atoms with Crippen LogP contribution in [0.4, 0.5) is 0 Å². The van der Waals surface area contributed by atoms with Gasteiger partial charge in [-0.1, -0.05) is 60.6 Å². The minimum absolute atomic E-state index is 0.0985. The number of carbonyl (C=O) groups excluding carboxylic acids is 1. The highest BCUT2D eigenvalue weighted by Crippen LogP contribution is 2.41. The van der Waals surface area contributed by atoms with Crippen LogP contribution in [0.15, 0.2) is 85.8 Å². The minimum Gasteiger partial charge on any atom is -0.463 e. The molecule has 1 heterocycles. The number of nitrogens with zero attached hydrogens (tertiary/aromatic N) is 2. The molecule has 1 aromatic heterocycles. The van der Waals surface area contributed by atoms with E-state index in [2.05, 4.69) is 70.8 Å². The largest absolute Gasteiger partial charge is 0.463 e. The summed E-state index contributed by atoms with van der Waals surface area (Å²) in [5, 5.41) is 9.07. The van der Waals surface area contributed by atoms with Gasteiger partial charge in [-0.2, -0.15) is 5.11 Å². The number of carbonyl (C=O) groups is 1. The molecule has 1 atom stereocenters. The van der Waals surface area contributed by atoms with Crippen LogP contribution in [0.3, 0.4) is 0 Å². The zero-order chi connectivity index (χ0) is 22.1. The van der Waals surface area contributed by atoms with Gasteiger partial charge in [0, 0.05) is 16.7 Å². The van der Waals surface area contributed by atoms with Gasteiger partial charge in [0.1, 0.15) is 5.70 Å². The van der Waals surface area contributed by atoms with Crippen molar-refractivity contribution in [3.05, 3.63) is 77.0 Å². The molecule has 0 N–H and O–H groups in total. The second-order valence-electron chi connectivity index (χ2n) is 10.1. The van der Waals surface area contributed by atoms with Crippen LogP contribution >= 0.6 is 0 Å². The highest BCUT2D eigenvalue weighted by atomic mass is 16.3. The summed E-state index contributed by atoms with van der Waals surface area (Å²) in [5.74, 6) is 1.25. The molecule has 0 aromatic carbocycles. The molecule has 0 saturated heterocycles. The quantitative estimate of drug-likeness (QED) is 0.491. The Bertz CT molecular complexity index is 962. The summed E-state index contributed by atoms with van der Waals surface area (Å²) in [4.78, 5) is 13.3. The van der Waals surface area contributed by atoms with Crippen LogP contribution in [0.25, 0.3) is 5.70 Å². The van der Waals surface area contributed by atoms with E-state index in [1.165, 1.54) is 0 Å². The molecular formula is C26H32N2O2. The van der Waals surface area contributed by atoms with Gasteiger partial charge >= 0.3 is 0 Å². The summed E-state index contributed by atoms with van der Waals surface area (Å²) < 4.78 is 5.68. The second kappa shape index (κ2) is 8.17. The first-order valence-corrected chi connectivity index (χ1v) is 10.5. The predicted octanol–water partition coefficient (Wildman–Crippen LogP) is 7.45. The van der Waals surface area contributed by atoms with Gasteiger partial charge in [0.25, 0.3) is 0 Å². The Morgan fingerprint density at radius 3 is 2.17 bits per heavy atom. The predicted molar refractivity (Wildman–Crippen MR) is 122 cm³/mol. The third-order valence-corrected chi connectivity index (χ3v) is 5.29. The molecule has 2 aliphatic carbocycles.